The average molecular weight is 319 g/mol. The molecule has 1 amide bonds. The van der Waals surface area contributed by atoms with Crippen molar-refractivity contribution in [2.75, 3.05) is 32.8 Å². The van der Waals surface area contributed by atoms with Crippen LogP contribution in [0.1, 0.15) is 10.5 Å². The highest BCUT2D eigenvalue weighted by atomic mass is 16.5. The first-order chi connectivity index (χ1) is 11.2. The highest BCUT2D eigenvalue weighted by Crippen LogP contribution is 2.13. The number of amides is 1. The lowest BCUT2D eigenvalue weighted by Crippen LogP contribution is -2.35. The third kappa shape index (κ3) is 4.02. The largest absolute Gasteiger partial charge is 0.439 e. The second-order valence-corrected chi connectivity index (χ2v) is 5.23. The number of aromatic amines is 1. The minimum Gasteiger partial charge on any atom is -0.380 e. The van der Waals surface area contributed by atoms with E-state index in [2.05, 4.69) is 30.3 Å². The van der Waals surface area contributed by atoms with Crippen LogP contribution in [0.5, 0.6) is 0 Å². The normalized spacial score (nSPS) is 18.3. The predicted octanol–water partition coefficient (Wildman–Crippen LogP) is -0.609. The van der Waals surface area contributed by atoms with Gasteiger partial charge in [-0.3, -0.25) is 19.3 Å². The summed E-state index contributed by atoms with van der Waals surface area (Å²) in [7, 11) is 0. The van der Waals surface area contributed by atoms with Gasteiger partial charge in [0.2, 0.25) is 0 Å². The molecule has 0 saturated carbocycles. The Labute approximate surface area is 131 Å². The summed E-state index contributed by atoms with van der Waals surface area (Å²) >= 11 is 0. The zero-order valence-corrected chi connectivity index (χ0v) is 12.4. The van der Waals surface area contributed by atoms with Crippen molar-refractivity contribution in [3.8, 4) is 11.4 Å². The minimum absolute atomic E-state index is 0.219. The molecule has 2 aromatic heterocycles. The van der Waals surface area contributed by atoms with E-state index >= 15 is 0 Å². The maximum Gasteiger partial charge on any atom is 0.439 e. The first-order valence-corrected chi connectivity index (χ1v) is 7.31. The van der Waals surface area contributed by atoms with Crippen LogP contribution >= 0.6 is 0 Å². The van der Waals surface area contributed by atoms with Crippen molar-refractivity contribution in [3.05, 3.63) is 34.6 Å². The van der Waals surface area contributed by atoms with Crippen LogP contribution in [0.15, 0.2) is 27.6 Å². The van der Waals surface area contributed by atoms with E-state index in [4.69, 9.17) is 4.74 Å². The molecule has 0 spiro atoms. The molecule has 3 heterocycles. The molecule has 1 atom stereocenters. The van der Waals surface area contributed by atoms with E-state index in [1.807, 2.05) is 0 Å². The number of nitrogens with zero attached hydrogens (tertiary/aromatic N) is 2. The Hall–Kier alpha value is -2.52. The first kappa shape index (κ1) is 15.4. The molecule has 9 nitrogen and oxygen atoms in total. The lowest BCUT2D eigenvalue weighted by Gasteiger charge is -2.14. The molecule has 1 unspecified atom stereocenters. The first-order valence-electron chi connectivity index (χ1n) is 7.31. The van der Waals surface area contributed by atoms with Crippen LogP contribution in [0.3, 0.4) is 0 Å². The molecule has 9 heteroatoms. The molecule has 2 aromatic rings. The molecular weight excluding hydrogens is 302 g/mol. The van der Waals surface area contributed by atoms with Crippen LogP contribution in [0.2, 0.25) is 0 Å². The van der Waals surface area contributed by atoms with E-state index in [1.54, 1.807) is 12.1 Å². The van der Waals surface area contributed by atoms with Gasteiger partial charge in [0, 0.05) is 37.3 Å². The molecule has 1 saturated heterocycles. The van der Waals surface area contributed by atoms with E-state index in [-0.39, 0.29) is 23.3 Å². The summed E-state index contributed by atoms with van der Waals surface area (Å²) in [5.41, 5.74) is 0.796. The predicted molar refractivity (Wildman–Crippen MR) is 79.9 cm³/mol. The molecule has 0 radical (unpaired) electrons. The van der Waals surface area contributed by atoms with Crippen molar-refractivity contribution >= 4 is 5.91 Å². The third-order valence-electron chi connectivity index (χ3n) is 3.47. The van der Waals surface area contributed by atoms with Crippen molar-refractivity contribution < 1.29 is 14.1 Å². The highest BCUT2D eigenvalue weighted by molar-refractivity contribution is 5.93. The number of aromatic nitrogens is 3. The van der Waals surface area contributed by atoms with E-state index in [9.17, 15) is 9.59 Å². The van der Waals surface area contributed by atoms with Crippen molar-refractivity contribution in [1.29, 1.82) is 0 Å². The Morgan fingerprint density at radius 1 is 1.48 bits per heavy atom. The summed E-state index contributed by atoms with van der Waals surface area (Å²) in [5.74, 6) is -0.463. The fraction of sp³-hybridized carbons (Fsp3) is 0.429. The molecule has 3 rings (SSSR count). The molecule has 23 heavy (non-hydrogen) atoms. The smallest absolute Gasteiger partial charge is 0.380 e. The van der Waals surface area contributed by atoms with Gasteiger partial charge in [-0.25, -0.2) is 4.79 Å². The summed E-state index contributed by atoms with van der Waals surface area (Å²) in [4.78, 5) is 29.7. The zero-order valence-electron chi connectivity index (χ0n) is 12.4. The summed E-state index contributed by atoms with van der Waals surface area (Å²) in [6.07, 6.45) is 1.48. The SMILES string of the molecule is O=C(NCC1CNCCOC1)c1cc(-c2noc(=O)[nH]2)ccn1. The Kier molecular flexibility index (Phi) is 4.79. The number of pyridine rings is 1. The molecule has 0 aromatic carbocycles. The highest BCUT2D eigenvalue weighted by Gasteiger charge is 2.15. The average Bonchev–Trinajstić information content (AvgIpc) is 2.84. The van der Waals surface area contributed by atoms with Crippen molar-refractivity contribution in [1.82, 2.24) is 25.8 Å². The van der Waals surface area contributed by atoms with Gasteiger partial charge >= 0.3 is 5.76 Å². The van der Waals surface area contributed by atoms with Crippen molar-refractivity contribution in [2.24, 2.45) is 5.92 Å². The standard InChI is InChI=1S/C14H17N5O4/c20-13(17-7-9-6-15-3-4-22-8-9)11-5-10(1-2-16-11)12-18-14(21)23-19-12/h1-2,5,9,15H,3-4,6-8H2,(H,17,20)(H,18,19,21). The summed E-state index contributed by atoms with van der Waals surface area (Å²) in [6.45, 7) is 3.42. The van der Waals surface area contributed by atoms with E-state index in [0.717, 1.165) is 13.1 Å². The number of hydrogen-bond donors (Lipinski definition) is 3. The maximum atomic E-state index is 12.2. The number of carbonyl (C=O) groups excluding carboxylic acids is 1. The number of carbonyl (C=O) groups is 1. The Morgan fingerprint density at radius 2 is 2.39 bits per heavy atom. The fourth-order valence-electron chi connectivity index (χ4n) is 2.27. The van der Waals surface area contributed by atoms with Crippen LogP contribution < -0.4 is 16.4 Å². The van der Waals surface area contributed by atoms with E-state index < -0.39 is 5.76 Å². The van der Waals surface area contributed by atoms with Gasteiger partial charge in [0.1, 0.15) is 5.69 Å². The molecule has 0 bridgehead atoms. The second-order valence-electron chi connectivity index (χ2n) is 5.23. The zero-order chi connectivity index (χ0) is 16.1. The Morgan fingerprint density at radius 3 is 3.22 bits per heavy atom. The van der Waals surface area contributed by atoms with Gasteiger partial charge in [-0.1, -0.05) is 5.16 Å². The van der Waals surface area contributed by atoms with Gasteiger partial charge < -0.3 is 15.4 Å². The topological polar surface area (TPSA) is 122 Å². The van der Waals surface area contributed by atoms with Gasteiger partial charge in [0.05, 0.1) is 13.2 Å². The summed E-state index contributed by atoms with van der Waals surface area (Å²) in [6, 6.07) is 3.18. The molecule has 1 aliphatic heterocycles. The molecular formula is C14H17N5O4. The molecule has 3 N–H and O–H groups in total. The van der Waals surface area contributed by atoms with Crippen molar-refractivity contribution in [2.45, 2.75) is 0 Å². The van der Waals surface area contributed by atoms with Gasteiger partial charge in [0.15, 0.2) is 5.82 Å². The Balaban J connectivity index is 1.64. The molecule has 1 fully saturated rings. The number of hydrogen-bond acceptors (Lipinski definition) is 7. The van der Waals surface area contributed by atoms with Crippen molar-refractivity contribution in [3.63, 3.8) is 0 Å². The van der Waals surface area contributed by atoms with Crippen LogP contribution in [0, 0.1) is 5.92 Å². The number of ether oxygens (including phenoxy) is 1. The number of rotatable bonds is 4. The van der Waals surface area contributed by atoms with Gasteiger partial charge in [0.25, 0.3) is 5.91 Å². The minimum atomic E-state index is -0.649. The van der Waals surface area contributed by atoms with Gasteiger partial charge in [-0.2, -0.15) is 0 Å². The lowest BCUT2D eigenvalue weighted by atomic mass is 10.1. The van der Waals surface area contributed by atoms with E-state index in [1.165, 1.54) is 6.20 Å². The lowest BCUT2D eigenvalue weighted by molar-refractivity contribution is 0.0917. The molecule has 122 valence electrons. The van der Waals surface area contributed by atoms with Crippen LogP contribution in [0.25, 0.3) is 11.4 Å². The van der Waals surface area contributed by atoms with E-state index in [0.29, 0.717) is 25.3 Å². The third-order valence-corrected chi connectivity index (χ3v) is 3.47. The monoisotopic (exact) mass is 319 g/mol. The Bertz CT molecular complexity index is 718. The molecule has 0 aliphatic carbocycles. The molecule has 1 aliphatic rings. The van der Waals surface area contributed by atoms with Gasteiger partial charge in [-0.15, -0.1) is 0 Å². The van der Waals surface area contributed by atoms with Crippen LogP contribution in [-0.2, 0) is 4.74 Å². The van der Waals surface area contributed by atoms with Crippen LogP contribution in [-0.4, -0.2) is 53.9 Å². The summed E-state index contributed by atoms with van der Waals surface area (Å²) < 4.78 is 9.90. The van der Waals surface area contributed by atoms with Crippen LogP contribution in [0.4, 0.5) is 0 Å². The number of H-pyrrole nitrogens is 1. The number of nitrogens with one attached hydrogen (secondary N) is 3. The summed E-state index contributed by atoms with van der Waals surface area (Å²) in [5, 5.41) is 9.68. The second kappa shape index (κ2) is 7.16. The van der Waals surface area contributed by atoms with Gasteiger partial charge in [-0.05, 0) is 12.1 Å². The fourth-order valence-corrected chi connectivity index (χ4v) is 2.27. The quantitative estimate of drug-likeness (QED) is 0.687. The maximum absolute atomic E-state index is 12.2.